The first-order chi connectivity index (χ1) is 29.1. The Hall–Kier alpha value is -5.04. The number of phenolic OH excluding ortho intramolecular Hbond substituents is 1. The van der Waals surface area contributed by atoms with E-state index in [9.17, 15) is 9.90 Å². The Balaban J connectivity index is 0.964. The Morgan fingerprint density at radius 3 is 2.60 bits per heavy atom. The monoisotopic (exact) mass is 819 g/mol. The molecule has 0 radical (unpaired) electrons. The second-order valence-corrected chi connectivity index (χ2v) is 17.9. The molecule has 0 saturated carbocycles. The van der Waals surface area contributed by atoms with Gasteiger partial charge < -0.3 is 28.9 Å². The van der Waals surface area contributed by atoms with Crippen molar-refractivity contribution in [2.45, 2.75) is 122 Å². The van der Waals surface area contributed by atoms with E-state index in [0.29, 0.717) is 41.6 Å². The van der Waals surface area contributed by atoms with Crippen molar-refractivity contribution in [3.8, 4) is 28.9 Å². The van der Waals surface area contributed by atoms with E-state index in [2.05, 4.69) is 28.8 Å². The first-order valence-corrected chi connectivity index (χ1v) is 22.3. The predicted octanol–water partition coefficient (Wildman–Crippen LogP) is 8.83. The summed E-state index contributed by atoms with van der Waals surface area (Å²) in [5.41, 5.74) is 1.65. The van der Waals surface area contributed by atoms with Crippen molar-refractivity contribution in [1.82, 2.24) is 29.9 Å². The molecule has 0 aliphatic carbocycles. The number of likely N-dealkylation sites (tertiary alicyclic amines) is 1. The van der Waals surface area contributed by atoms with Gasteiger partial charge >= 0.3 is 6.01 Å². The lowest BCUT2D eigenvalue weighted by Crippen LogP contribution is -2.48. The van der Waals surface area contributed by atoms with E-state index in [1.165, 1.54) is 0 Å². The van der Waals surface area contributed by atoms with Crippen LogP contribution in [0, 0.1) is 11.7 Å². The molecule has 318 valence electrons. The van der Waals surface area contributed by atoms with Crippen molar-refractivity contribution in [1.29, 1.82) is 0 Å². The predicted molar refractivity (Wildman–Crippen MR) is 229 cm³/mol. The average Bonchev–Trinajstić information content (AvgIpc) is 4.01. The minimum absolute atomic E-state index is 0.0503. The van der Waals surface area contributed by atoms with E-state index >= 15 is 4.39 Å². The number of rotatable bonds is 12. The maximum absolute atomic E-state index is 17.1. The fraction of sp³-hybridized carbons (Fsp3) is 0.553. The molecule has 9 rings (SSSR count). The highest BCUT2D eigenvalue weighted by molar-refractivity contribution is 6.01. The van der Waals surface area contributed by atoms with Crippen molar-refractivity contribution >= 4 is 33.4 Å². The van der Waals surface area contributed by atoms with Crippen molar-refractivity contribution in [3.63, 3.8) is 0 Å². The number of nitrogens with zero attached hydrogens (tertiary/aromatic N) is 7. The fourth-order valence-corrected chi connectivity index (χ4v) is 10.6. The number of ether oxygens (including phenoxy) is 2. The molecular formula is C47H58FN7O5. The topological polar surface area (TPSA) is 130 Å². The highest BCUT2D eigenvalue weighted by Crippen LogP contribution is 2.44. The van der Waals surface area contributed by atoms with Gasteiger partial charge in [-0.15, -0.1) is 0 Å². The van der Waals surface area contributed by atoms with Crippen molar-refractivity contribution in [3.05, 3.63) is 59.7 Å². The summed E-state index contributed by atoms with van der Waals surface area (Å²) >= 11 is 0. The van der Waals surface area contributed by atoms with Crippen LogP contribution in [0.2, 0.25) is 0 Å². The van der Waals surface area contributed by atoms with Gasteiger partial charge in [-0.25, -0.2) is 4.39 Å². The van der Waals surface area contributed by atoms with Crippen LogP contribution in [0.3, 0.4) is 0 Å². The van der Waals surface area contributed by atoms with Gasteiger partial charge in [0.25, 0.3) is 5.88 Å². The molecule has 0 spiro atoms. The van der Waals surface area contributed by atoms with Crippen LogP contribution in [-0.4, -0.2) is 97.9 Å². The van der Waals surface area contributed by atoms with Crippen LogP contribution in [0.5, 0.6) is 17.6 Å². The average molecular weight is 820 g/mol. The lowest BCUT2D eigenvalue weighted by Gasteiger charge is -2.34. The summed E-state index contributed by atoms with van der Waals surface area (Å²) in [4.78, 5) is 34.8. The number of halogens is 1. The van der Waals surface area contributed by atoms with Crippen LogP contribution in [0.1, 0.15) is 109 Å². The van der Waals surface area contributed by atoms with Gasteiger partial charge in [0.1, 0.15) is 41.9 Å². The molecule has 0 bridgehead atoms. The van der Waals surface area contributed by atoms with Crippen molar-refractivity contribution < 1.29 is 28.3 Å². The summed E-state index contributed by atoms with van der Waals surface area (Å²) in [6, 6.07) is 11.6. The number of carbonyl (C=O) groups excluding carboxylic acids is 1. The van der Waals surface area contributed by atoms with Crippen LogP contribution in [0.15, 0.2) is 47.1 Å². The summed E-state index contributed by atoms with van der Waals surface area (Å²) in [5, 5.41) is 17.2. The number of amides is 1. The fourth-order valence-electron chi connectivity index (χ4n) is 10.6. The molecule has 4 fully saturated rings. The molecule has 4 atom stereocenters. The molecule has 5 aromatic rings. The summed E-state index contributed by atoms with van der Waals surface area (Å²) in [5.74, 6) is 0.839. The second kappa shape index (κ2) is 16.8. The normalized spacial score (nSPS) is 22.8. The van der Waals surface area contributed by atoms with Gasteiger partial charge in [0.05, 0.1) is 10.9 Å². The number of pyridine rings is 1. The number of anilines is 1. The number of aromatic nitrogens is 4. The highest BCUT2D eigenvalue weighted by Gasteiger charge is 2.50. The van der Waals surface area contributed by atoms with Gasteiger partial charge in [-0.3, -0.25) is 14.7 Å². The zero-order valence-electron chi connectivity index (χ0n) is 35.5. The standard InChI is InChI=1S/C47H58FN7O5/c1-5-31-14-10-15-32-23-34(56)24-35(40(31)32)42-41(48)43-36(26-49-42)44(53-19-8-6-7-9-20-53)51-46(50-43)59-28-47-17-12-22-55(47)33(16-18-47)27-58-38-25-37(60-52-38)39(29(2)3)45(57)54-21-11-13-30(54)4/h10,14-15,23-26,29-30,33,39,56H,5-9,11-13,16-22,27-28H2,1-4H3. The second-order valence-electron chi connectivity index (χ2n) is 17.9. The summed E-state index contributed by atoms with van der Waals surface area (Å²) in [6.07, 6.45) is 12.6. The number of aryl methyl sites for hydroxylation is 1. The van der Waals surface area contributed by atoms with Gasteiger partial charge in [0.15, 0.2) is 11.6 Å². The summed E-state index contributed by atoms with van der Waals surface area (Å²) < 4.78 is 35.8. The van der Waals surface area contributed by atoms with E-state index in [1.807, 2.05) is 36.9 Å². The highest BCUT2D eigenvalue weighted by atomic mass is 19.1. The van der Waals surface area contributed by atoms with Crippen LogP contribution in [0.4, 0.5) is 10.2 Å². The smallest absolute Gasteiger partial charge is 0.319 e. The molecule has 2 aromatic carbocycles. The Kier molecular flexibility index (Phi) is 11.3. The van der Waals surface area contributed by atoms with E-state index in [-0.39, 0.29) is 52.4 Å². The van der Waals surface area contributed by atoms with Crippen LogP contribution >= 0.6 is 0 Å². The van der Waals surface area contributed by atoms with Crippen LogP contribution in [0.25, 0.3) is 32.9 Å². The van der Waals surface area contributed by atoms with E-state index < -0.39 is 11.7 Å². The lowest BCUT2D eigenvalue weighted by molar-refractivity contribution is -0.134. The molecule has 4 unspecified atom stereocenters. The van der Waals surface area contributed by atoms with E-state index in [4.69, 9.17) is 28.9 Å². The molecule has 1 amide bonds. The number of hydrogen-bond acceptors (Lipinski definition) is 11. The zero-order chi connectivity index (χ0) is 41.5. The molecule has 12 nitrogen and oxygen atoms in total. The molecular weight excluding hydrogens is 762 g/mol. The molecule has 3 aromatic heterocycles. The van der Waals surface area contributed by atoms with Gasteiger partial charge in [0, 0.05) is 49.5 Å². The molecule has 7 heterocycles. The quantitative estimate of drug-likeness (QED) is 0.130. The molecule has 4 aliphatic rings. The van der Waals surface area contributed by atoms with Crippen LogP contribution in [-0.2, 0) is 11.2 Å². The maximum atomic E-state index is 17.1. The third kappa shape index (κ3) is 7.51. The first-order valence-electron chi connectivity index (χ1n) is 22.3. The van der Waals surface area contributed by atoms with Crippen molar-refractivity contribution in [2.75, 3.05) is 44.3 Å². The Morgan fingerprint density at radius 2 is 1.83 bits per heavy atom. The van der Waals surface area contributed by atoms with E-state index in [1.54, 1.807) is 24.4 Å². The van der Waals surface area contributed by atoms with Crippen molar-refractivity contribution in [2.24, 2.45) is 5.92 Å². The molecule has 4 saturated heterocycles. The number of fused-ring (bicyclic) bond motifs is 3. The Labute approximate surface area is 351 Å². The van der Waals surface area contributed by atoms with Gasteiger partial charge in [-0.05, 0) is 111 Å². The number of phenols is 1. The number of carbonyl (C=O) groups is 1. The van der Waals surface area contributed by atoms with E-state index in [0.717, 1.165) is 113 Å². The molecule has 60 heavy (non-hydrogen) atoms. The molecule has 13 heteroatoms. The number of aromatic hydroxyl groups is 1. The van der Waals surface area contributed by atoms with Crippen LogP contribution < -0.4 is 14.4 Å². The lowest BCUT2D eigenvalue weighted by atomic mass is 9.91. The summed E-state index contributed by atoms with van der Waals surface area (Å²) in [7, 11) is 0. The van der Waals surface area contributed by atoms with Gasteiger partial charge in [-0.2, -0.15) is 9.97 Å². The number of benzene rings is 2. The third-order valence-electron chi connectivity index (χ3n) is 13.7. The van der Waals surface area contributed by atoms with Gasteiger partial charge in [-0.1, -0.05) is 51.8 Å². The minimum atomic E-state index is -0.557. The maximum Gasteiger partial charge on any atom is 0.319 e. The number of hydrogen-bond donors (Lipinski definition) is 1. The third-order valence-corrected chi connectivity index (χ3v) is 13.7. The minimum Gasteiger partial charge on any atom is -0.508 e. The molecule has 4 aliphatic heterocycles. The van der Waals surface area contributed by atoms with Gasteiger partial charge in [0.2, 0.25) is 5.91 Å². The Bertz CT molecular complexity index is 2360. The first kappa shape index (κ1) is 40.4. The SMILES string of the molecule is CCc1cccc2cc(O)cc(-c3ncc4c(N5CCCCCC5)nc(OCC56CCCN5C(COc5cc(C(C(=O)N7CCCC7C)C(C)C)on5)CC6)nc4c3F)c12. The summed E-state index contributed by atoms with van der Waals surface area (Å²) in [6.45, 7) is 12.4. The zero-order valence-corrected chi connectivity index (χ0v) is 35.5. The largest absolute Gasteiger partial charge is 0.508 e. The molecule has 1 N–H and O–H groups in total. The Morgan fingerprint density at radius 1 is 1.00 bits per heavy atom.